The van der Waals surface area contributed by atoms with Crippen molar-refractivity contribution in [2.75, 3.05) is 0 Å². The zero-order valence-electron chi connectivity index (χ0n) is 23.7. The summed E-state index contributed by atoms with van der Waals surface area (Å²) in [7, 11) is 0. The molecule has 9 rings (SSSR count). The van der Waals surface area contributed by atoms with Gasteiger partial charge < -0.3 is 8.98 Å². The van der Waals surface area contributed by atoms with Crippen molar-refractivity contribution in [3.05, 3.63) is 152 Å². The van der Waals surface area contributed by atoms with Gasteiger partial charge in [0.15, 0.2) is 11.4 Å². The maximum Gasteiger partial charge on any atom is 0.180 e. The molecule has 3 heterocycles. The molecule has 0 aliphatic rings. The third-order valence-corrected chi connectivity index (χ3v) is 8.41. The Morgan fingerprint density at radius 2 is 1.05 bits per heavy atom. The van der Waals surface area contributed by atoms with Crippen LogP contribution in [0.1, 0.15) is 0 Å². The number of aromatic nitrogens is 3. The Morgan fingerprint density at radius 1 is 0.455 bits per heavy atom. The third kappa shape index (κ3) is 3.85. The van der Waals surface area contributed by atoms with Gasteiger partial charge in [-0.25, -0.2) is 9.97 Å². The molecule has 44 heavy (non-hydrogen) atoms. The Labute approximate surface area is 253 Å². The third-order valence-electron chi connectivity index (χ3n) is 8.41. The average molecular weight is 564 g/mol. The molecule has 0 amide bonds. The molecule has 0 atom stereocenters. The molecule has 0 saturated carbocycles. The van der Waals surface area contributed by atoms with Gasteiger partial charge >= 0.3 is 0 Å². The molecular formula is C40H25N3O. The molecule has 4 heteroatoms. The van der Waals surface area contributed by atoms with Gasteiger partial charge in [0.1, 0.15) is 16.8 Å². The van der Waals surface area contributed by atoms with Crippen molar-refractivity contribution in [3.8, 4) is 39.5 Å². The summed E-state index contributed by atoms with van der Waals surface area (Å²) in [5.41, 5.74) is 10.8. The lowest BCUT2D eigenvalue weighted by atomic mass is 10.0. The zero-order valence-corrected chi connectivity index (χ0v) is 23.7. The molecule has 0 saturated heterocycles. The van der Waals surface area contributed by atoms with E-state index in [2.05, 4.69) is 108 Å². The van der Waals surface area contributed by atoms with Crippen molar-refractivity contribution >= 4 is 43.9 Å². The lowest BCUT2D eigenvalue weighted by molar-refractivity contribution is 0.667. The molecule has 4 nitrogen and oxygen atoms in total. The van der Waals surface area contributed by atoms with Crippen LogP contribution in [0.5, 0.6) is 0 Å². The van der Waals surface area contributed by atoms with Gasteiger partial charge in [0, 0.05) is 33.0 Å². The van der Waals surface area contributed by atoms with Crippen LogP contribution in [0.15, 0.2) is 156 Å². The molecule has 0 aliphatic heterocycles. The zero-order chi connectivity index (χ0) is 29.0. The standard InChI is InChI=1S/C40H25N3O/c1-2-12-26(13-3-1)40-41-37(39-38(42-40)33-20-6-9-23-36(33)44-39)29-16-10-14-27(24-29)28-15-11-17-30(25-28)43-34-21-7-4-18-31(34)32-19-5-8-22-35(32)43/h1-25H. The molecule has 6 aromatic carbocycles. The van der Waals surface area contributed by atoms with Crippen LogP contribution in [-0.4, -0.2) is 14.5 Å². The average Bonchev–Trinajstić information content (AvgIpc) is 3.64. The van der Waals surface area contributed by atoms with E-state index in [-0.39, 0.29) is 0 Å². The van der Waals surface area contributed by atoms with Crippen LogP contribution in [-0.2, 0) is 0 Å². The minimum Gasteiger partial charge on any atom is -0.452 e. The molecular weight excluding hydrogens is 538 g/mol. The Kier molecular flexibility index (Phi) is 5.47. The first-order chi connectivity index (χ1) is 21.8. The van der Waals surface area contributed by atoms with Gasteiger partial charge in [0.2, 0.25) is 0 Å². The van der Waals surface area contributed by atoms with Crippen molar-refractivity contribution in [1.82, 2.24) is 14.5 Å². The second kappa shape index (κ2) is 9.79. The largest absolute Gasteiger partial charge is 0.452 e. The fourth-order valence-corrected chi connectivity index (χ4v) is 6.37. The lowest BCUT2D eigenvalue weighted by Gasteiger charge is -2.11. The normalized spacial score (nSPS) is 11.6. The minimum absolute atomic E-state index is 0.679. The van der Waals surface area contributed by atoms with Crippen LogP contribution in [0.4, 0.5) is 0 Å². The maximum atomic E-state index is 6.40. The highest BCUT2D eigenvalue weighted by atomic mass is 16.3. The van der Waals surface area contributed by atoms with Crippen molar-refractivity contribution < 1.29 is 4.42 Å². The Bertz CT molecular complexity index is 2450. The topological polar surface area (TPSA) is 43.9 Å². The Morgan fingerprint density at radius 3 is 1.82 bits per heavy atom. The molecule has 206 valence electrons. The van der Waals surface area contributed by atoms with Gasteiger partial charge in [0.25, 0.3) is 0 Å². The first-order valence-electron chi connectivity index (χ1n) is 14.8. The van der Waals surface area contributed by atoms with E-state index in [1.54, 1.807) is 0 Å². The van der Waals surface area contributed by atoms with E-state index in [1.165, 1.54) is 21.8 Å². The van der Waals surface area contributed by atoms with E-state index in [9.17, 15) is 0 Å². The van der Waals surface area contributed by atoms with Crippen LogP contribution in [0, 0.1) is 0 Å². The van der Waals surface area contributed by atoms with Crippen molar-refractivity contribution in [3.63, 3.8) is 0 Å². The highest BCUT2D eigenvalue weighted by molar-refractivity contribution is 6.09. The summed E-state index contributed by atoms with van der Waals surface area (Å²) in [4.78, 5) is 10.1. The number of rotatable bonds is 4. The molecule has 0 unspecified atom stereocenters. The van der Waals surface area contributed by atoms with Crippen LogP contribution in [0.25, 0.3) is 83.3 Å². The highest BCUT2D eigenvalue weighted by Gasteiger charge is 2.19. The fourth-order valence-electron chi connectivity index (χ4n) is 6.37. The van der Waals surface area contributed by atoms with E-state index < -0.39 is 0 Å². The van der Waals surface area contributed by atoms with Crippen molar-refractivity contribution in [1.29, 1.82) is 0 Å². The van der Waals surface area contributed by atoms with Crippen LogP contribution < -0.4 is 0 Å². The number of furan rings is 1. The van der Waals surface area contributed by atoms with Gasteiger partial charge in [0.05, 0.1) is 11.0 Å². The summed E-state index contributed by atoms with van der Waals surface area (Å²) < 4.78 is 8.75. The smallest absolute Gasteiger partial charge is 0.180 e. The van der Waals surface area contributed by atoms with Gasteiger partial charge in [-0.2, -0.15) is 0 Å². The quantitative estimate of drug-likeness (QED) is 0.214. The molecule has 0 bridgehead atoms. The van der Waals surface area contributed by atoms with E-state index in [0.29, 0.717) is 11.4 Å². The SMILES string of the molecule is c1ccc(-c2nc(-c3cccc(-c4cccc(-n5c6ccccc6c6ccccc65)c4)c3)c3oc4ccccc4c3n2)cc1. The van der Waals surface area contributed by atoms with E-state index in [1.807, 2.05) is 48.5 Å². The first kappa shape index (κ1) is 24.6. The second-order valence-corrected chi connectivity index (χ2v) is 11.0. The minimum atomic E-state index is 0.679. The summed E-state index contributed by atoms with van der Waals surface area (Å²) in [5, 5.41) is 3.49. The van der Waals surface area contributed by atoms with Gasteiger partial charge in [-0.1, -0.05) is 109 Å². The van der Waals surface area contributed by atoms with E-state index >= 15 is 0 Å². The van der Waals surface area contributed by atoms with Crippen LogP contribution >= 0.6 is 0 Å². The molecule has 0 N–H and O–H groups in total. The maximum absolute atomic E-state index is 6.40. The number of hydrogen-bond donors (Lipinski definition) is 0. The van der Waals surface area contributed by atoms with Crippen molar-refractivity contribution in [2.24, 2.45) is 0 Å². The molecule has 0 spiro atoms. The van der Waals surface area contributed by atoms with Gasteiger partial charge in [-0.05, 0) is 53.6 Å². The molecule has 0 aliphatic carbocycles. The summed E-state index contributed by atoms with van der Waals surface area (Å²) in [6.07, 6.45) is 0. The van der Waals surface area contributed by atoms with E-state index in [4.69, 9.17) is 14.4 Å². The second-order valence-electron chi connectivity index (χ2n) is 11.0. The number of nitrogens with zero attached hydrogens (tertiary/aromatic N) is 3. The fraction of sp³-hybridized carbons (Fsp3) is 0. The first-order valence-corrected chi connectivity index (χ1v) is 14.8. The highest BCUT2D eigenvalue weighted by Crippen LogP contribution is 2.37. The van der Waals surface area contributed by atoms with Crippen LogP contribution in [0.3, 0.4) is 0 Å². The predicted molar refractivity (Wildman–Crippen MR) is 180 cm³/mol. The summed E-state index contributed by atoms with van der Waals surface area (Å²) in [6, 6.07) is 52.7. The van der Waals surface area contributed by atoms with Gasteiger partial charge in [-0.3, -0.25) is 0 Å². The van der Waals surface area contributed by atoms with Crippen molar-refractivity contribution in [2.45, 2.75) is 0 Å². The molecule has 3 aromatic heterocycles. The van der Waals surface area contributed by atoms with E-state index in [0.717, 1.165) is 50.1 Å². The van der Waals surface area contributed by atoms with Crippen LogP contribution in [0.2, 0.25) is 0 Å². The summed E-state index contributed by atoms with van der Waals surface area (Å²) in [5.74, 6) is 0.679. The number of benzene rings is 6. The Hall–Kier alpha value is -6.00. The Balaban J connectivity index is 1.22. The molecule has 0 radical (unpaired) electrons. The molecule has 0 fully saturated rings. The number of hydrogen-bond acceptors (Lipinski definition) is 3. The lowest BCUT2D eigenvalue weighted by Crippen LogP contribution is -1.95. The summed E-state index contributed by atoms with van der Waals surface area (Å²) >= 11 is 0. The molecule has 9 aromatic rings. The van der Waals surface area contributed by atoms with Gasteiger partial charge in [-0.15, -0.1) is 0 Å². The number of fused-ring (bicyclic) bond motifs is 6. The monoisotopic (exact) mass is 563 g/mol. The summed E-state index contributed by atoms with van der Waals surface area (Å²) in [6.45, 7) is 0. The number of para-hydroxylation sites is 3. The predicted octanol–water partition coefficient (Wildman–Crippen LogP) is 10.5.